The van der Waals surface area contributed by atoms with Gasteiger partial charge in [-0.2, -0.15) is 0 Å². The number of sulfone groups is 1. The van der Waals surface area contributed by atoms with Gasteiger partial charge in [-0.3, -0.25) is 4.79 Å². The molecule has 0 saturated heterocycles. The molecule has 1 N–H and O–H groups in total. The maximum atomic E-state index is 13.6. The maximum Gasteiger partial charge on any atom is 0.202 e. The highest BCUT2D eigenvalue weighted by Crippen LogP contribution is 2.30. The number of benzene rings is 3. The Kier molecular flexibility index (Phi) is 7.29. The molecule has 5 rings (SSSR count). The Morgan fingerprint density at radius 3 is 2.26 bits per heavy atom. The Morgan fingerprint density at radius 1 is 0.872 bits per heavy atom. The van der Waals surface area contributed by atoms with Crippen LogP contribution in [0.5, 0.6) is 11.5 Å². The van der Waals surface area contributed by atoms with E-state index in [4.69, 9.17) is 13.9 Å². The molecule has 0 aliphatic carbocycles. The molecule has 9 nitrogen and oxygen atoms in total. The molecule has 198 valence electrons. The number of para-hydroxylation sites is 2. The number of furan rings is 1. The number of carbonyl (C=O) groups is 1. The Bertz CT molecular complexity index is 1730. The summed E-state index contributed by atoms with van der Waals surface area (Å²) in [5, 5.41) is 3.19. The molecule has 2 aromatic heterocycles. The third-order valence-electron chi connectivity index (χ3n) is 6.00. The van der Waals surface area contributed by atoms with Crippen LogP contribution in [0, 0.1) is 0 Å². The van der Waals surface area contributed by atoms with Crippen LogP contribution >= 0.6 is 0 Å². The zero-order valence-corrected chi connectivity index (χ0v) is 22.1. The molecule has 3 aromatic carbocycles. The lowest BCUT2D eigenvalue weighted by molar-refractivity contribution is 0.0966. The smallest absolute Gasteiger partial charge is 0.202 e. The number of hydrogen-bond acceptors (Lipinski definition) is 9. The fourth-order valence-corrected chi connectivity index (χ4v) is 5.42. The van der Waals surface area contributed by atoms with E-state index < -0.39 is 15.6 Å². The number of ketones is 1. The molecule has 5 aromatic rings. The van der Waals surface area contributed by atoms with Crippen LogP contribution < -0.4 is 14.8 Å². The van der Waals surface area contributed by atoms with E-state index in [-0.39, 0.29) is 34.4 Å². The van der Waals surface area contributed by atoms with Crippen LogP contribution in [0.2, 0.25) is 0 Å². The average Bonchev–Trinajstić information content (AvgIpc) is 3.48. The standard InChI is InChI=1S/C29H25N3O6S/c1-36-21-15-20(16-22(17-21)37-2)30-29-26(31-24-9-3-4-10-25(24)32-29)18-39(34,35)23-8-5-7-19(13-23)14-27(33)28-11-6-12-38-28/h3-13,15-17H,14,18H2,1-2H3,(H,30,32). The van der Waals surface area contributed by atoms with Crippen molar-refractivity contribution in [1.82, 2.24) is 9.97 Å². The van der Waals surface area contributed by atoms with Crippen molar-refractivity contribution in [2.45, 2.75) is 17.1 Å². The fraction of sp³-hybridized carbons (Fsp3) is 0.138. The second-order valence-corrected chi connectivity index (χ2v) is 10.7. The third kappa shape index (κ3) is 5.91. The Morgan fingerprint density at radius 2 is 1.59 bits per heavy atom. The molecule has 0 aliphatic heterocycles. The first-order valence-corrected chi connectivity index (χ1v) is 13.6. The van der Waals surface area contributed by atoms with Gasteiger partial charge in [0.1, 0.15) is 17.3 Å². The molecule has 0 aliphatic rings. The van der Waals surface area contributed by atoms with Gasteiger partial charge < -0.3 is 19.2 Å². The first-order chi connectivity index (χ1) is 18.8. The molecule has 0 unspecified atom stereocenters. The Hall–Kier alpha value is -4.70. The quantitative estimate of drug-likeness (QED) is 0.231. The minimum absolute atomic E-state index is 0.0110. The van der Waals surface area contributed by atoms with E-state index in [0.29, 0.717) is 33.8 Å². The second kappa shape index (κ2) is 11.0. The van der Waals surface area contributed by atoms with Gasteiger partial charge in [0.25, 0.3) is 0 Å². The predicted molar refractivity (Wildman–Crippen MR) is 146 cm³/mol. The number of Topliss-reactive ketones (excluding diaryl/α,β-unsaturated/α-hetero) is 1. The number of nitrogens with one attached hydrogen (secondary N) is 1. The minimum atomic E-state index is -3.86. The van der Waals surface area contributed by atoms with Crippen molar-refractivity contribution in [1.29, 1.82) is 0 Å². The lowest BCUT2D eigenvalue weighted by atomic mass is 10.1. The highest BCUT2D eigenvalue weighted by atomic mass is 32.2. The van der Waals surface area contributed by atoms with E-state index in [2.05, 4.69) is 15.3 Å². The highest BCUT2D eigenvalue weighted by molar-refractivity contribution is 7.90. The van der Waals surface area contributed by atoms with Gasteiger partial charge in [0, 0.05) is 30.3 Å². The number of fused-ring (bicyclic) bond motifs is 1. The number of hydrogen-bond donors (Lipinski definition) is 1. The fourth-order valence-electron chi connectivity index (χ4n) is 4.08. The van der Waals surface area contributed by atoms with Crippen molar-refractivity contribution < 1.29 is 27.1 Å². The van der Waals surface area contributed by atoms with Gasteiger partial charge in [-0.1, -0.05) is 24.3 Å². The monoisotopic (exact) mass is 543 g/mol. The summed E-state index contributed by atoms with van der Waals surface area (Å²) in [6.07, 6.45) is 1.43. The first-order valence-electron chi connectivity index (χ1n) is 12.0. The number of ether oxygens (including phenoxy) is 2. The van der Waals surface area contributed by atoms with Gasteiger partial charge in [0.05, 0.1) is 42.1 Å². The van der Waals surface area contributed by atoms with Crippen molar-refractivity contribution in [2.24, 2.45) is 0 Å². The van der Waals surface area contributed by atoms with Crippen LogP contribution in [0.3, 0.4) is 0 Å². The van der Waals surface area contributed by atoms with Crippen LogP contribution in [-0.4, -0.2) is 38.4 Å². The number of anilines is 2. The predicted octanol–water partition coefficient (Wildman–Crippen LogP) is 5.38. The molecular formula is C29H25N3O6S. The third-order valence-corrected chi connectivity index (χ3v) is 7.63. The summed E-state index contributed by atoms with van der Waals surface area (Å²) in [7, 11) is -0.772. The average molecular weight is 544 g/mol. The molecule has 0 radical (unpaired) electrons. The molecule has 0 atom stereocenters. The number of methoxy groups -OCH3 is 2. The van der Waals surface area contributed by atoms with Crippen LogP contribution in [0.1, 0.15) is 21.8 Å². The van der Waals surface area contributed by atoms with Crippen molar-refractivity contribution in [2.75, 3.05) is 19.5 Å². The lowest BCUT2D eigenvalue weighted by Gasteiger charge is -2.14. The van der Waals surface area contributed by atoms with E-state index in [9.17, 15) is 13.2 Å². The Labute approximate surface area is 225 Å². The maximum absolute atomic E-state index is 13.6. The summed E-state index contributed by atoms with van der Waals surface area (Å²) in [5.74, 6) is 0.969. The molecule has 2 heterocycles. The SMILES string of the molecule is COc1cc(Nc2nc3ccccc3nc2CS(=O)(=O)c2cccc(CC(=O)c3ccco3)c2)cc(OC)c1. The highest BCUT2D eigenvalue weighted by Gasteiger charge is 2.22. The number of carbonyl (C=O) groups excluding carboxylic acids is 1. The largest absolute Gasteiger partial charge is 0.497 e. The number of rotatable bonds is 10. The molecule has 0 saturated carbocycles. The van der Waals surface area contributed by atoms with Crippen LogP contribution in [0.15, 0.2) is 94.4 Å². The van der Waals surface area contributed by atoms with E-state index >= 15 is 0 Å². The molecular weight excluding hydrogens is 518 g/mol. The molecule has 39 heavy (non-hydrogen) atoms. The van der Waals surface area contributed by atoms with Gasteiger partial charge in [-0.05, 0) is 42.0 Å². The van der Waals surface area contributed by atoms with Crippen molar-refractivity contribution >= 4 is 38.2 Å². The van der Waals surface area contributed by atoms with Crippen LogP contribution in [0.25, 0.3) is 11.0 Å². The minimum Gasteiger partial charge on any atom is -0.497 e. The number of aromatic nitrogens is 2. The molecule has 0 fully saturated rings. The van der Waals surface area contributed by atoms with E-state index in [1.54, 1.807) is 68.8 Å². The summed E-state index contributed by atoms with van der Waals surface area (Å²) in [6.45, 7) is 0. The lowest BCUT2D eigenvalue weighted by Crippen LogP contribution is -2.11. The summed E-state index contributed by atoms with van der Waals surface area (Å²) < 4.78 is 43.0. The zero-order valence-electron chi connectivity index (χ0n) is 21.2. The van der Waals surface area contributed by atoms with Gasteiger partial charge in [0.2, 0.25) is 5.78 Å². The molecule has 0 amide bonds. The van der Waals surface area contributed by atoms with Crippen LogP contribution in [0.4, 0.5) is 11.5 Å². The Balaban J connectivity index is 1.49. The van der Waals surface area contributed by atoms with Crippen LogP contribution in [-0.2, 0) is 22.0 Å². The molecule has 0 spiro atoms. The van der Waals surface area contributed by atoms with Gasteiger partial charge in [-0.25, -0.2) is 18.4 Å². The van der Waals surface area contributed by atoms with Crippen molar-refractivity contribution in [3.63, 3.8) is 0 Å². The van der Waals surface area contributed by atoms with Crippen molar-refractivity contribution in [3.05, 3.63) is 102 Å². The zero-order chi connectivity index (χ0) is 27.4. The normalized spacial score (nSPS) is 11.3. The molecule has 10 heteroatoms. The summed E-state index contributed by atoms with van der Waals surface area (Å²) in [4.78, 5) is 21.9. The second-order valence-electron chi connectivity index (χ2n) is 8.72. The first kappa shape index (κ1) is 25.9. The van der Waals surface area contributed by atoms with Gasteiger partial charge >= 0.3 is 0 Å². The van der Waals surface area contributed by atoms with Crippen molar-refractivity contribution in [3.8, 4) is 11.5 Å². The van der Waals surface area contributed by atoms with Gasteiger partial charge in [0.15, 0.2) is 21.4 Å². The topological polar surface area (TPSA) is 121 Å². The van der Waals surface area contributed by atoms with E-state index in [1.165, 1.54) is 18.4 Å². The van der Waals surface area contributed by atoms with Gasteiger partial charge in [-0.15, -0.1) is 0 Å². The number of nitrogens with zero attached hydrogens (tertiary/aromatic N) is 2. The summed E-state index contributed by atoms with van der Waals surface area (Å²) in [5.41, 5.74) is 2.56. The van der Waals surface area contributed by atoms with E-state index in [0.717, 1.165) is 0 Å². The summed E-state index contributed by atoms with van der Waals surface area (Å²) in [6, 6.07) is 22.0. The molecule has 0 bridgehead atoms. The van der Waals surface area contributed by atoms with E-state index in [1.807, 2.05) is 12.1 Å². The summed E-state index contributed by atoms with van der Waals surface area (Å²) >= 11 is 0.